The first-order valence-corrected chi connectivity index (χ1v) is 5.45. The molecular formula is C13H14FN3O. The van der Waals surface area contributed by atoms with Gasteiger partial charge in [-0.05, 0) is 12.1 Å². The van der Waals surface area contributed by atoms with Gasteiger partial charge in [0.1, 0.15) is 11.6 Å². The highest BCUT2D eigenvalue weighted by Crippen LogP contribution is 2.24. The van der Waals surface area contributed by atoms with Crippen LogP contribution in [0.4, 0.5) is 21.5 Å². The Balaban J connectivity index is 2.24. The van der Waals surface area contributed by atoms with Gasteiger partial charge < -0.3 is 15.4 Å². The molecule has 0 radical (unpaired) electrons. The zero-order chi connectivity index (χ0) is 13.0. The molecule has 0 amide bonds. The second-order valence-corrected chi connectivity index (χ2v) is 3.72. The quantitative estimate of drug-likeness (QED) is 0.871. The van der Waals surface area contributed by atoms with Crippen LogP contribution in [-0.2, 0) is 0 Å². The fourth-order valence-electron chi connectivity index (χ4n) is 1.56. The average Bonchev–Trinajstić information content (AvgIpc) is 2.38. The molecule has 4 nitrogen and oxygen atoms in total. The van der Waals surface area contributed by atoms with E-state index in [4.69, 9.17) is 4.74 Å². The number of halogens is 1. The third-order valence-electron chi connectivity index (χ3n) is 2.42. The maximum absolute atomic E-state index is 13.3. The number of benzene rings is 1. The van der Waals surface area contributed by atoms with Gasteiger partial charge in [-0.3, -0.25) is 4.98 Å². The van der Waals surface area contributed by atoms with Crippen molar-refractivity contribution >= 4 is 17.1 Å². The number of anilines is 3. The molecule has 0 aliphatic rings. The normalized spacial score (nSPS) is 9.94. The summed E-state index contributed by atoms with van der Waals surface area (Å²) in [6.07, 6.45) is 3.37. The van der Waals surface area contributed by atoms with Gasteiger partial charge >= 0.3 is 0 Å². The van der Waals surface area contributed by atoms with Crippen LogP contribution in [0.2, 0.25) is 0 Å². The van der Waals surface area contributed by atoms with Crippen LogP contribution in [-0.4, -0.2) is 19.1 Å². The van der Waals surface area contributed by atoms with Crippen molar-refractivity contribution in [2.24, 2.45) is 0 Å². The van der Waals surface area contributed by atoms with Crippen molar-refractivity contribution in [1.82, 2.24) is 4.98 Å². The Hall–Kier alpha value is -2.30. The highest BCUT2D eigenvalue weighted by molar-refractivity contribution is 5.64. The Bertz CT molecular complexity index is 546. The molecule has 1 heterocycles. The molecule has 0 bridgehead atoms. The van der Waals surface area contributed by atoms with E-state index in [0.717, 1.165) is 11.4 Å². The molecule has 0 aliphatic heterocycles. The van der Waals surface area contributed by atoms with Crippen LogP contribution in [0.1, 0.15) is 0 Å². The fraction of sp³-hybridized carbons (Fsp3) is 0.154. The minimum Gasteiger partial charge on any atom is -0.497 e. The molecule has 2 aromatic rings. The van der Waals surface area contributed by atoms with Crippen LogP contribution < -0.4 is 15.4 Å². The molecule has 0 fully saturated rings. The van der Waals surface area contributed by atoms with Crippen molar-refractivity contribution < 1.29 is 9.13 Å². The third-order valence-corrected chi connectivity index (χ3v) is 2.42. The number of nitrogens with one attached hydrogen (secondary N) is 2. The molecule has 0 saturated carbocycles. The first-order chi connectivity index (χ1) is 8.71. The molecule has 5 heteroatoms. The minimum absolute atomic E-state index is 0.352. The van der Waals surface area contributed by atoms with Crippen LogP contribution in [0.15, 0.2) is 36.7 Å². The van der Waals surface area contributed by atoms with Gasteiger partial charge in [0.2, 0.25) is 0 Å². The van der Waals surface area contributed by atoms with Crippen LogP contribution >= 0.6 is 0 Å². The van der Waals surface area contributed by atoms with E-state index in [1.807, 2.05) is 13.1 Å². The molecule has 0 saturated heterocycles. The lowest BCUT2D eigenvalue weighted by atomic mass is 10.2. The second-order valence-electron chi connectivity index (χ2n) is 3.72. The molecule has 1 aromatic heterocycles. The zero-order valence-electron chi connectivity index (χ0n) is 10.2. The standard InChI is InChI=1S/C13H14FN3O/c1-15-11-5-12(8-16-7-11)17-10-3-9(14)4-13(6-10)18-2/h3-8,15,17H,1-2H3. The zero-order valence-corrected chi connectivity index (χ0v) is 10.2. The third kappa shape index (κ3) is 2.88. The highest BCUT2D eigenvalue weighted by Gasteiger charge is 2.02. The molecule has 0 atom stereocenters. The number of nitrogens with zero attached hydrogens (tertiary/aromatic N) is 1. The van der Waals surface area contributed by atoms with E-state index in [0.29, 0.717) is 11.4 Å². The Morgan fingerprint density at radius 1 is 1.06 bits per heavy atom. The summed E-state index contributed by atoms with van der Waals surface area (Å²) in [6, 6.07) is 6.32. The van der Waals surface area contributed by atoms with Crippen LogP contribution in [0, 0.1) is 5.82 Å². The monoisotopic (exact) mass is 247 g/mol. The van der Waals surface area contributed by atoms with E-state index >= 15 is 0 Å². The number of aromatic nitrogens is 1. The van der Waals surface area contributed by atoms with E-state index in [1.54, 1.807) is 18.5 Å². The lowest BCUT2D eigenvalue weighted by molar-refractivity contribution is 0.411. The van der Waals surface area contributed by atoms with Gasteiger partial charge in [-0.25, -0.2) is 4.39 Å². The summed E-state index contributed by atoms with van der Waals surface area (Å²) >= 11 is 0. The molecule has 2 N–H and O–H groups in total. The number of hydrogen-bond acceptors (Lipinski definition) is 4. The molecule has 18 heavy (non-hydrogen) atoms. The lowest BCUT2D eigenvalue weighted by Crippen LogP contribution is -1.95. The summed E-state index contributed by atoms with van der Waals surface area (Å²) in [5.74, 6) is 0.116. The highest BCUT2D eigenvalue weighted by atomic mass is 19.1. The van der Waals surface area contributed by atoms with E-state index in [1.165, 1.54) is 19.2 Å². The van der Waals surface area contributed by atoms with E-state index in [2.05, 4.69) is 15.6 Å². The van der Waals surface area contributed by atoms with E-state index in [9.17, 15) is 4.39 Å². The lowest BCUT2D eigenvalue weighted by Gasteiger charge is -2.09. The summed E-state index contributed by atoms with van der Waals surface area (Å²) in [5, 5.41) is 6.06. The number of rotatable bonds is 4. The molecule has 2 rings (SSSR count). The van der Waals surface area contributed by atoms with Gasteiger partial charge in [0.15, 0.2) is 0 Å². The molecule has 0 spiro atoms. The van der Waals surface area contributed by atoms with Crippen LogP contribution in [0.3, 0.4) is 0 Å². The summed E-state index contributed by atoms with van der Waals surface area (Å²) in [7, 11) is 3.31. The van der Waals surface area contributed by atoms with Gasteiger partial charge in [-0.2, -0.15) is 0 Å². The van der Waals surface area contributed by atoms with Gasteiger partial charge in [0, 0.05) is 24.9 Å². The maximum Gasteiger partial charge on any atom is 0.128 e. The van der Waals surface area contributed by atoms with Crippen molar-refractivity contribution in [2.45, 2.75) is 0 Å². The number of ether oxygens (including phenoxy) is 1. The maximum atomic E-state index is 13.3. The molecule has 1 aromatic carbocycles. The molecule has 0 unspecified atom stereocenters. The topological polar surface area (TPSA) is 46.2 Å². The smallest absolute Gasteiger partial charge is 0.128 e. The van der Waals surface area contributed by atoms with Crippen LogP contribution in [0.5, 0.6) is 5.75 Å². The first-order valence-electron chi connectivity index (χ1n) is 5.45. The summed E-state index contributed by atoms with van der Waals surface area (Å²) in [5.41, 5.74) is 2.26. The SMILES string of the molecule is CNc1cncc(Nc2cc(F)cc(OC)c2)c1. The average molecular weight is 247 g/mol. The van der Waals surface area contributed by atoms with Crippen molar-refractivity contribution in [3.63, 3.8) is 0 Å². The number of hydrogen-bond donors (Lipinski definition) is 2. The Morgan fingerprint density at radius 3 is 2.56 bits per heavy atom. The molecule has 94 valence electrons. The predicted octanol–water partition coefficient (Wildman–Crippen LogP) is 3.01. The number of methoxy groups -OCH3 is 1. The first kappa shape index (κ1) is 12.2. The van der Waals surface area contributed by atoms with Crippen molar-refractivity contribution in [1.29, 1.82) is 0 Å². The molecular weight excluding hydrogens is 233 g/mol. The van der Waals surface area contributed by atoms with Gasteiger partial charge in [-0.15, -0.1) is 0 Å². The minimum atomic E-state index is -0.352. The Labute approximate surface area is 105 Å². The van der Waals surface area contributed by atoms with Gasteiger partial charge in [0.05, 0.1) is 30.9 Å². The summed E-state index contributed by atoms with van der Waals surface area (Å²) in [6.45, 7) is 0. The van der Waals surface area contributed by atoms with Crippen LogP contribution in [0.25, 0.3) is 0 Å². The van der Waals surface area contributed by atoms with Crippen molar-refractivity contribution in [2.75, 3.05) is 24.8 Å². The predicted molar refractivity (Wildman–Crippen MR) is 70.0 cm³/mol. The summed E-state index contributed by atoms with van der Waals surface area (Å²) < 4.78 is 18.3. The fourth-order valence-corrected chi connectivity index (χ4v) is 1.56. The van der Waals surface area contributed by atoms with Crippen molar-refractivity contribution in [3.05, 3.63) is 42.5 Å². The van der Waals surface area contributed by atoms with E-state index in [-0.39, 0.29) is 5.82 Å². The number of pyridine rings is 1. The molecule has 0 aliphatic carbocycles. The van der Waals surface area contributed by atoms with Gasteiger partial charge in [0.25, 0.3) is 0 Å². The van der Waals surface area contributed by atoms with Gasteiger partial charge in [-0.1, -0.05) is 0 Å². The Kier molecular flexibility index (Phi) is 3.62. The van der Waals surface area contributed by atoms with E-state index < -0.39 is 0 Å². The largest absolute Gasteiger partial charge is 0.497 e. The summed E-state index contributed by atoms with van der Waals surface area (Å²) in [4.78, 5) is 4.07. The second kappa shape index (κ2) is 5.35. The Morgan fingerprint density at radius 2 is 1.83 bits per heavy atom. The van der Waals surface area contributed by atoms with Crippen molar-refractivity contribution in [3.8, 4) is 5.75 Å².